The van der Waals surface area contributed by atoms with E-state index in [9.17, 15) is 0 Å². The third-order valence-electron chi connectivity index (χ3n) is 12.9. The highest BCUT2D eigenvalue weighted by molar-refractivity contribution is 6.05. The number of rotatable bonds is 9. The van der Waals surface area contributed by atoms with Gasteiger partial charge in [-0.1, -0.05) is 190 Å². The maximum Gasteiger partial charge on any atom is 0.0546 e. The highest BCUT2D eigenvalue weighted by atomic mass is 15.1. The van der Waals surface area contributed by atoms with Crippen LogP contribution in [0.5, 0.6) is 0 Å². The lowest BCUT2D eigenvalue weighted by Gasteiger charge is -2.29. The molecule has 1 aliphatic carbocycles. The van der Waals surface area contributed by atoms with E-state index in [1.54, 1.807) is 0 Å². The van der Waals surface area contributed by atoms with Gasteiger partial charge in [0, 0.05) is 39.4 Å². The van der Waals surface area contributed by atoms with Crippen LogP contribution in [0.3, 0.4) is 0 Å². The minimum absolute atomic E-state index is 0.0741. The molecule has 2 heteroatoms. The minimum atomic E-state index is -0.0741. The van der Waals surface area contributed by atoms with Crippen molar-refractivity contribution in [2.45, 2.75) is 19.3 Å². The van der Waals surface area contributed by atoms with E-state index in [4.69, 9.17) is 0 Å². The quantitative estimate of drug-likeness (QED) is 0.143. The van der Waals surface area contributed by atoms with Crippen molar-refractivity contribution in [2.75, 3.05) is 9.80 Å². The number of hydrogen-bond donors (Lipinski definition) is 0. The second-order valence-electron chi connectivity index (χ2n) is 17.0. The molecule has 0 spiro atoms. The van der Waals surface area contributed by atoms with Gasteiger partial charge in [-0.3, -0.25) is 0 Å². The topological polar surface area (TPSA) is 6.48 Å². The molecule has 0 heterocycles. The molecule has 0 N–H and O–H groups in total. The van der Waals surface area contributed by atoms with Gasteiger partial charge in [0.05, 0.1) is 5.69 Å². The Morgan fingerprint density at radius 3 is 1.37 bits per heavy atom. The van der Waals surface area contributed by atoms with Crippen LogP contribution in [0.15, 0.2) is 243 Å². The third-order valence-corrected chi connectivity index (χ3v) is 12.9. The van der Waals surface area contributed by atoms with Crippen LogP contribution in [0, 0.1) is 0 Å². The van der Waals surface area contributed by atoms with Crippen LogP contribution >= 0.6 is 0 Å². The lowest BCUT2D eigenvalue weighted by atomic mass is 9.82. The van der Waals surface area contributed by atoms with Crippen molar-refractivity contribution in [1.82, 2.24) is 0 Å². The summed E-state index contributed by atoms with van der Waals surface area (Å²) in [6, 6.07) is 88.1. The molecule has 0 saturated carbocycles. The van der Waals surface area contributed by atoms with Gasteiger partial charge in [-0.25, -0.2) is 0 Å². The Kier molecular flexibility index (Phi) is 9.55. The second-order valence-corrected chi connectivity index (χ2v) is 17.0. The summed E-state index contributed by atoms with van der Waals surface area (Å²) < 4.78 is 0. The fourth-order valence-corrected chi connectivity index (χ4v) is 9.68. The standard InChI is InChI=1S/C61H46N2/c1-61(2)57-25-15-14-24-55(57)56-40-39-53(42-58(56)61)62(49-19-8-4-9-20-49)51-35-30-45(31-36-51)43-26-28-44(29-27-43)46-32-37-52(38-33-46)63(50-21-10-5-11-22-50)59-41-34-47-16-12-13-23-54(47)60(59)48-17-6-3-7-18-48/h3-42H,1-2H3. The summed E-state index contributed by atoms with van der Waals surface area (Å²) in [7, 11) is 0. The van der Waals surface area contributed by atoms with Gasteiger partial charge >= 0.3 is 0 Å². The van der Waals surface area contributed by atoms with E-state index in [1.165, 1.54) is 66.4 Å². The van der Waals surface area contributed by atoms with Crippen molar-refractivity contribution < 1.29 is 0 Å². The predicted molar refractivity (Wildman–Crippen MR) is 267 cm³/mol. The van der Waals surface area contributed by atoms with E-state index < -0.39 is 0 Å². The van der Waals surface area contributed by atoms with Crippen molar-refractivity contribution in [1.29, 1.82) is 0 Å². The van der Waals surface area contributed by atoms with Gasteiger partial charge in [0.2, 0.25) is 0 Å². The first-order valence-corrected chi connectivity index (χ1v) is 21.8. The molecule has 0 fully saturated rings. The molecule has 2 nitrogen and oxygen atoms in total. The summed E-state index contributed by atoms with van der Waals surface area (Å²) in [5, 5.41) is 2.46. The van der Waals surface area contributed by atoms with Crippen LogP contribution < -0.4 is 9.80 Å². The van der Waals surface area contributed by atoms with Crippen LogP contribution in [0.1, 0.15) is 25.0 Å². The van der Waals surface area contributed by atoms with E-state index >= 15 is 0 Å². The average molecular weight is 807 g/mol. The van der Waals surface area contributed by atoms with Gasteiger partial charge in [0.15, 0.2) is 0 Å². The molecule has 0 unspecified atom stereocenters. The maximum atomic E-state index is 2.39. The molecule has 0 radical (unpaired) electrons. The number of para-hydroxylation sites is 2. The fraction of sp³-hybridized carbons (Fsp3) is 0.0492. The molecule has 1 aliphatic rings. The van der Waals surface area contributed by atoms with E-state index in [0.717, 1.165) is 34.1 Å². The molecule has 0 aliphatic heterocycles. The summed E-state index contributed by atoms with van der Waals surface area (Å²) in [5.41, 5.74) is 19.3. The van der Waals surface area contributed by atoms with E-state index in [1.807, 2.05) is 0 Å². The third kappa shape index (κ3) is 6.87. The van der Waals surface area contributed by atoms with Crippen molar-refractivity contribution in [3.63, 3.8) is 0 Å². The van der Waals surface area contributed by atoms with Gasteiger partial charge in [-0.05, 0) is 128 Å². The molecular formula is C61H46N2. The number of benzene rings is 10. The van der Waals surface area contributed by atoms with Crippen molar-refractivity contribution in [2.24, 2.45) is 0 Å². The fourth-order valence-electron chi connectivity index (χ4n) is 9.68. The van der Waals surface area contributed by atoms with E-state index in [2.05, 4.69) is 266 Å². The monoisotopic (exact) mass is 806 g/mol. The van der Waals surface area contributed by atoms with Gasteiger partial charge in [0.1, 0.15) is 0 Å². The maximum absolute atomic E-state index is 2.39. The van der Waals surface area contributed by atoms with Crippen molar-refractivity contribution in [3.8, 4) is 44.5 Å². The summed E-state index contributed by atoms with van der Waals surface area (Å²) in [6.45, 7) is 4.69. The van der Waals surface area contributed by atoms with E-state index in [0.29, 0.717) is 0 Å². The van der Waals surface area contributed by atoms with Crippen LogP contribution in [-0.2, 0) is 5.41 Å². The average Bonchev–Trinajstić information content (AvgIpc) is 3.58. The zero-order valence-electron chi connectivity index (χ0n) is 35.5. The molecule has 300 valence electrons. The van der Waals surface area contributed by atoms with Crippen LogP contribution in [0.4, 0.5) is 34.1 Å². The Morgan fingerprint density at radius 2 is 0.746 bits per heavy atom. The molecular weight excluding hydrogens is 761 g/mol. The van der Waals surface area contributed by atoms with Crippen LogP contribution in [0.2, 0.25) is 0 Å². The molecule has 0 aromatic heterocycles. The van der Waals surface area contributed by atoms with Crippen LogP contribution in [-0.4, -0.2) is 0 Å². The summed E-state index contributed by atoms with van der Waals surface area (Å²) in [5.74, 6) is 0. The smallest absolute Gasteiger partial charge is 0.0546 e. The number of hydrogen-bond acceptors (Lipinski definition) is 2. The van der Waals surface area contributed by atoms with Gasteiger partial charge in [-0.2, -0.15) is 0 Å². The highest BCUT2D eigenvalue weighted by Crippen LogP contribution is 2.51. The van der Waals surface area contributed by atoms with Gasteiger partial charge < -0.3 is 9.80 Å². The molecule has 0 atom stereocenters. The van der Waals surface area contributed by atoms with Crippen molar-refractivity contribution in [3.05, 3.63) is 254 Å². The zero-order valence-corrected chi connectivity index (χ0v) is 35.5. The SMILES string of the molecule is CC1(C)c2ccccc2-c2ccc(N(c3ccccc3)c3ccc(-c4ccc(-c5ccc(N(c6ccccc6)c6ccc7ccccc7c6-c6ccccc6)cc5)cc4)cc3)cc21. The first-order chi connectivity index (χ1) is 31.0. The molecule has 0 amide bonds. The molecule has 10 aromatic rings. The molecule has 11 rings (SSSR count). The first kappa shape index (κ1) is 38.0. The summed E-state index contributed by atoms with van der Waals surface area (Å²) >= 11 is 0. The summed E-state index contributed by atoms with van der Waals surface area (Å²) in [4.78, 5) is 4.76. The largest absolute Gasteiger partial charge is 0.310 e. The Balaban J connectivity index is 0.890. The van der Waals surface area contributed by atoms with Gasteiger partial charge in [-0.15, -0.1) is 0 Å². The minimum Gasteiger partial charge on any atom is -0.310 e. The molecule has 10 aromatic carbocycles. The van der Waals surface area contributed by atoms with E-state index in [-0.39, 0.29) is 5.41 Å². The molecule has 63 heavy (non-hydrogen) atoms. The Labute approximate surface area is 370 Å². The van der Waals surface area contributed by atoms with Crippen molar-refractivity contribution >= 4 is 44.9 Å². The number of nitrogens with zero attached hydrogens (tertiary/aromatic N) is 2. The van der Waals surface area contributed by atoms with Gasteiger partial charge in [0.25, 0.3) is 0 Å². The number of fused-ring (bicyclic) bond motifs is 4. The normalized spacial score (nSPS) is 12.4. The molecule has 0 saturated heterocycles. The molecule has 0 bridgehead atoms. The lowest BCUT2D eigenvalue weighted by Crippen LogP contribution is -2.16. The predicted octanol–water partition coefficient (Wildman–Crippen LogP) is 17.1. The summed E-state index contributed by atoms with van der Waals surface area (Å²) in [6.07, 6.45) is 0. The Bertz CT molecular complexity index is 3210. The van der Waals surface area contributed by atoms with Crippen LogP contribution in [0.25, 0.3) is 55.3 Å². The number of anilines is 6. The lowest BCUT2D eigenvalue weighted by molar-refractivity contribution is 0.660. The zero-order chi connectivity index (χ0) is 42.3. The first-order valence-electron chi connectivity index (χ1n) is 21.8. The highest BCUT2D eigenvalue weighted by Gasteiger charge is 2.35. The Morgan fingerprint density at radius 1 is 0.302 bits per heavy atom. The second kappa shape index (κ2) is 15.8. The Hall–Kier alpha value is -7.94.